The summed E-state index contributed by atoms with van der Waals surface area (Å²) in [5, 5.41) is 0. The first kappa shape index (κ1) is 14.6. The van der Waals surface area contributed by atoms with Gasteiger partial charge in [0.25, 0.3) is 0 Å². The summed E-state index contributed by atoms with van der Waals surface area (Å²) >= 11 is 0. The molecule has 1 aromatic carbocycles. The van der Waals surface area contributed by atoms with Gasteiger partial charge in [0.1, 0.15) is 5.75 Å². The fourth-order valence-corrected chi connectivity index (χ4v) is 6.47. The molecular weight excluding hydrogens is 268 g/mol. The molecule has 1 heteroatoms. The monoisotopic (exact) mass is 298 g/mol. The van der Waals surface area contributed by atoms with Crippen LogP contribution in [0, 0.1) is 23.2 Å². The standard InChI is InChI=1S/C21H30O/c1-4-15-6-10-20-19-8-5-14-13-16(22-3)7-9-17(14)18(19)11-12-21(15,20)2/h7,9,13,15,18-20H,4-6,8,10-12H2,1-3H3/t15-,18+,19+,20-,21+/m0/s1. The number of benzene rings is 1. The minimum absolute atomic E-state index is 0.639. The highest BCUT2D eigenvalue weighted by Gasteiger charge is 2.53. The Morgan fingerprint density at radius 1 is 1.18 bits per heavy atom. The topological polar surface area (TPSA) is 9.23 Å². The van der Waals surface area contributed by atoms with Crippen molar-refractivity contribution >= 4 is 0 Å². The highest BCUT2D eigenvalue weighted by molar-refractivity contribution is 5.40. The molecule has 0 heterocycles. The molecule has 0 saturated heterocycles. The van der Waals surface area contributed by atoms with Gasteiger partial charge in [-0.05, 0) is 90.9 Å². The van der Waals surface area contributed by atoms with E-state index in [0.29, 0.717) is 5.41 Å². The summed E-state index contributed by atoms with van der Waals surface area (Å²) in [6.45, 7) is 5.03. The molecule has 2 saturated carbocycles. The van der Waals surface area contributed by atoms with E-state index in [0.717, 1.165) is 29.4 Å². The van der Waals surface area contributed by atoms with E-state index in [2.05, 4.69) is 32.0 Å². The molecule has 22 heavy (non-hydrogen) atoms. The van der Waals surface area contributed by atoms with Crippen molar-refractivity contribution in [3.8, 4) is 5.75 Å². The summed E-state index contributed by atoms with van der Waals surface area (Å²) in [4.78, 5) is 0. The maximum atomic E-state index is 5.43. The fraction of sp³-hybridized carbons (Fsp3) is 0.714. The maximum Gasteiger partial charge on any atom is 0.119 e. The zero-order chi connectivity index (χ0) is 15.3. The van der Waals surface area contributed by atoms with Crippen LogP contribution in [-0.4, -0.2) is 7.11 Å². The number of rotatable bonds is 2. The fourth-order valence-electron chi connectivity index (χ4n) is 6.47. The Balaban J connectivity index is 1.66. The van der Waals surface area contributed by atoms with Gasteiger partial charge in [0.05, 0.1) is 7.11 Å². The minimum atomic E-state index is 0.639. The molecule has 0 aliphatic heterocycles. The Morgan fingerprint density at radius 2 is 2.05 bits per heavy atom. The van der Waals surface area contributed by atoms with E-state index < -0.39 is 0 Å². The van der Waals surface area contributed by atoms with Gasteiger partial charge in [0.15, 0.2) is 0 Å². The molecule has 0 N–H and O–H groups in total. The van der Waals surface area contributed by atoms with Gasteiger partial charge >= 0.3 is 0 Å². The molecule has 2 fully saturated rings. The van der Waals surface area contributed by atoms with Crippen molar-refractivity contribution in [2.24, 2.45) is 23.2 Å². The SMILES string of the molecule is CC[C@H]1CC[C@H]2[C@@H]3CCc4cc(OC)ccc4[C@H]3CC[C@]12C. The van der Waals surface area contributed by atoms with Crippen LogP contribution in [0.25, 0.3) is 0 Å². The van der Waals surface area contributed by atoms with Crippen molar-refractivity contribution in [2.75, 3.05) is 7.11 Å². The first-order valence-electron chi connectivity index (χ1n) is 9.34. The Hall–Kier alpha value is -0.980. The van der Waals surface area contributed by atoms with Crippen LogP contribution in [0.1, 0.15) is 69.4 Å². The lowest BCUT2D eigenvalue weighted by atomic mass is 9.54. The van der Waals surface area contributed by atoms with E-state index in [4.69, 9.17) is 4.74 Å². The number of methoxy groups -OCH3 is 1. The van der Waals surface area contributed by atoms with Crippen LogP contribution < -0.4 is 4.74 Å². The van der Waals surface area contributed by atoms with Gasteiger partial charge in [0, 0.05) is 0 Å². The number of fused-ring (bicyclic) bond motifs is 5. The quantitative estimate of drug-likeness (QED) is 0.693. The predicted molar refractivity (Wildman–Crippen MR) is 91.4 cm³/mol. The zero-order valence-electron chi connectivity index (χ0n) is 14.4. The minimum Gasteiger partial charge on any atom is -0.497 e. The molecule has 0 bridgehead atoms. The zero-order valence-corrected chi connectivity index (χ0v) is 14.4. The third-order valence-electron chi connectivity index (χ3n) is 7.62. The normalized spacial score (nSPS) is 39.8. The maximum absolute atomic E-state index is 5.43. The van der Waals surface area contributed by atoms with E-state index in [1.807, 2.05) is 0 Å². The average molecular weight is 298 g/mol. The summed E-state index contributed by atoms with van der Waals surface area (Å²) in [6.07, 6.45) is 9.88. The van der Waals surface area contributed by atoms with Crippen molar-refractivity contribution in [1.82, 2.24) is 0 Å². The second-order valence-corrected chi connectivity index (χ2v) is 8.21. The predicted octanol–water partition coefficient (Wildman–Crippen LogP) is 5.58. The molecule has 1 aromatic rings. The third-order valence-corrected chi connectivity index (χ3v) is 7.62. The van der Waals surface area contributed by atoms with Crippen LogP contribution in [0.15, 0.2) is 18.2 Å². The van der Waals surface area contributed by atoms with E-state index in [1.165, 1.54) is 44.9 Å². The van der Waals surface area contributed by atoms with Crippen LogP contribution in [0.2, 0.25) is 0 Å². The molecule has 0 unspecified atom stereocenters. The smallest absolute Gasteiger partial charge is 0.119 e. The third kappa shape index (κ3) is 1.97. The molecule has 120 valence electrons. The second kappa shape index (κ2) is 5.28. The molecule has 0 amide bonds. The number of ether oxygens (including phenoxy) is 1. The highest BCUT2D eigenvalue weighted by Crippen LogP contribution is 2.63. The molecule has 0 aromatic heterocycles. The lowest BCUT2D eigenvalue weighted by Crippen LogP contribution is -2.42. The van der Waals surface area contributed by atoms with Crippen LogP contribution in [-0.2, 0) is 6.42 Å². The van der Waals surface area contributed by atoms with Gasteiger partial charge in [-0.3, -0.25) is 0 Å². The van der Waals surface area contributed by atoms with E-state index in [1.54, 1.807) is 18.2 Å². The molecule has 5 atom stereocenters. The Bertz CT molecular complexity index is 563. The summed E-state index contributed by atoms with van der Waals surface area (Å²) in [5.74, 6) is 4.76. The van der Waals surface area contributed by atoms with Gasteiger partial charge in [-0.1, -0.05) is 26.3 Å². The van der Waals surface area contributed by atoms with Crippen LogP contribution in [0.4, 0.5) is 0 Å². The number of hydrogen-bond acceptors (Lipinski definition) is 1. The van der Waals surface area contributed by atoms with Crippen molar-refractivity contribution in [2.45, 2.75) is 64.7 Å². The Morgan fingerprint density at radius 3 is 2.82 bits per heavy atom. The van der Waals surface area contributed by atoms with E-state index in [9.17, 15) is 0 Å². The Labute approximate surface area is 135 Å². The van der Waals surface area contributed by atoms with Gasteiger partial charge in [0.2, 0.25) is 0 Å². The van der Waals surface area contributed by atoms with E-state index >= 15 is 0 Å². The van der Waals surface area contributed by atoms with Crippen molar-refractivity contribution in [3.63, 3.8) is 0 Å². The van der Waals surface area contributed by atoms with Gasteiger partial charge < -0.3 is 4.74 Å². The highest BCUT2D eigenvalue weighted by atomic mass is 16.5. The second-order valence-electron chi connectivity index (χ2n) is 8.21. The van der Waals surface area contributed by atoms with Crippen LogP contribution in [0.3, 0.4) is 0 Å². The molecule has 3 aliphatic rings. The average Bonchev–Trinajstić information content (AvgIpc) is 2.90. The summed E-state index contributed by atoms with van der Waals surface area (Å²) < 4.78 is 5.43. The number of hydrogen-bond donors (Lipinski definition) is 0. The summed E-state index contributed by atoms with van der Waals surface area (Å²) in [5.41, 5.74) is 3.85. The lowest BCUT2D eigenvalue weighted by molar-refractivity contribution is 0.0273. The molecule has 0 spiro atoms. The molecule has 0 radical (unpaired) electrons. The van der Waals surface area contributed by atoms with Crippen molar-refractivity contribution < 1.29 is 4.74 Å². The molecular formula is C21H30O. The molecule has 3 aliphatic carbocycles. The van der Waals surface area contributed by atoms with Crippen LogP contribution in [0.5, 0.6) is 5.75 Å². The lowest BCUT2D eigenvalue weighted by Gasteiger charge is -2.51. The first-order chi connectivity index (χ1) is 10.7. The van der Waals surface area contributed by atoms with Crippen molar-refractivity contribution in [1.29, 1.82) is 0 Å². The van der Waals surface area contributed by atoms with Gasteiger partial charge in [-0.25, -0.2) is 0 Å². The van der Waals surface area contributed by atoms with E-state index in [-0.39, 0.29) is 0 Å². The first-order valence-corrected chi connectivity index (χ1v) is 9.34. The summed E-state index contributed by atoms with van der Waals surface area (Å²) in [6, 6.07) is 6.85. The van der Waals surface area contributed by atoms with Crippen molar-refractivity contribution in [3.05, 3.63) is 29.3 Å². The molecule has 4 rings (SSSR count). The van der Waals surface area contributed by atoms with Gasteiger partial charge in [-0.15, -0.1) is 0 Å². The summed E-state index contributed by atoms with van der Waals surface area (Å²) in [7, 11) is 1.78. The number of aryl methyl sites for hydroxylation is 1. The van der Waals surface area contributed by atoms with Crippen LogP contribution >= 0.6 is 0 Å². The molecule has 1 nitrogen and oxygen atoms in total. The van der Waals surface area contributed by atoms with Gasteiger partial charge in [-0.2, -0.15) is 0 Å². The Kier molecular flexibility index (Phi) is 3.51. The largest absolute Gasteiger partial charge is 0.497 e.